The molecule has 3 aromatic rings. The lowest BCUT2D eigenvalue weighted by atomic mass is 10.1. The third-order valence-corrected chi connectivity index (χ3v) is 4.02. The maximum Gasteiger partial charge on any atom is 0.121 e. The van der Waals surface area contributed by atoms with Gasteiger partial charge in [0.25, 0.3) is 0 Å². The Morgan fingerprint density at radius 1 is 1.23 bits per heavy atom. The van der Waals surface area contributed by atoms with Crippen LogP contribution >= 0.6 is 0 Å². The van der Waals surface area contributed by atoms with E-state index in [2.05, 4.69) is 39.8 Å². The van der Waals surface area contributed by atoms with Gasteiger partial charge in [-0.05, 0) is 37.6 Å². The summed E-state index contributed by atoms with van der Waals surface area (Å²) in [5, 5.41) is 0. The molecule has 22 heavy (non-hydrogen) atoms. The number of pyridine rings is 1. The zero-order valence-corrected chi connectivity index (χ0v) is 13.0. The summed E-state index contributed by atoms with van der Waals surface area (Å²) in [6.07, 6.45) is 1.83. The van der Waals surface area contributed by atoms with E-state index in [9.17, 15) is 0 Å². The zero-order chi connectivity index (χ0) is 15.5. The Morgan fingerprint density at radius 3 is 2.77 bits per heavy atom. The fraction of sp³-hybridized carbons (Fsp3) is 0.294. The molecule has 3 rings (SSSR count). The first kappa shape index (κ1) is 14.7. The molecule has 5 heteroatoms. The van der Waals surface area contributed by atoms with Crippen molar-refractivity contribution in [3.8, 4) is 0 Å². The predicted molar refractivity (Wildman–Crippen MR) is 88.1 cm³/mol. The summed E-state index contributed by atoms with van der Waals surface area (Å²) in [5.41, 5.74) is 10.2. The molecule has 0 saturated heterocycles. The molecule has 0 fully saturated rings. The number of H-pyrrole nitrogens is 1. The van der Waals surface area contributed by atoms with E-state index in [-0.39, 0.29) is 6.04 Å². The highest BCUT2D eigenvalue weighted by atomic mass is 15.2. The lowest BCUT2D eigenvalue weighted by Gasteiger charge is -2.27. The van der Waals surface area contributed by atoms with Crippen LogP contribution in [0.25, 0.3) is 11.0 Å². The van der Waals surface area contributed by atoms with Crippen LogP contribution in [-0.2, 0) is 6.54 Å². The van der Waals surface area contributed by atoms with Crippen molar-refractivity contribution >= 4 is 11.0 Å². The van der Waals surface area contributed by atoms with E-state index in [0.29, 0.717) is 13.2 Å². The quantitative estimate of drug-likeness (QED) is 0.710. The van der Waals surface area contributed by atoms with Gasteiger partial charge >= 0.3 is 0 Å². The van der Waals surface area contributed by atoms with Gasteiger partial charge in [-0.3, -0.25) is 9.88 Å². The fourth-order valence-electron chi connectivity index (χ4n) is 2.74. The van der Waals surface area contributed by atoms with Crippen molar-refractivity contribution in [2.75, 3.05) is 6.67 Å². The van der Waals surface area contributed by atoms with E-state index < -0.39 is 0 Å². The maximum absolute atomic E-state index is 5.96. The number of benzene rings is 1. The number of aryl methyl sites for hydroxylation is 1. The predicted octanol–water partition coefficient (Wildman–Crippen LogP) is 2.75. The normalized spacial score (nSPS) is 12.9. The van der Waals surface area contributed by atoms with E-state index in [1.54, 1.807) is 0 Å². The van der Waals surface area contributed by atoms with Crippen molar-refractivity contribution in [2.45, 2.75) is 26.4 Å². The Hall–Kier alpha value is -2.24. The molecule has 0 aliphatic heterocycles. The van der Waals surface area contributed by atoms with Gasteiger partial charge in [0.15, 0.2) is 0 Å². The Kier molecular flexibility index (Phi) is 4.18. The summed E-state index contributed by atoms with van der Waals surface area (Å²) in [4.78, 5) is 14.6. The highest BCUT2D eigenvalue weighted by molar-refractivity contribution is 5.74. The molecule has 0 spiro atoms. The minimum absolute atomic E-state index is 0.138. The third-order valence-electron chi connectivity index (χ3n) is 4.02. The lowest BCUT2D eigenvalue weighted by molar-refractivity contribution is 0.199. The second-order valence-electron chi connectivity index (χ2n) is 5.51. The zero-order valence-electron chi connectivity index (χ0n) is 13.0. The van der Waals surface area contributed by atoms with Crippen molar-refractivity contribution in [1.82, 2.24) is 19.9 Å². The van der Waals surface area contributed by atoms with Gasteiger partial charge in [0.2, 0.25) is 0 Å². The van der Waals surface area contributed by atoms with Crippen LogP contribution in [0.2, 0.25) is 0 Å². The molecule has 2 heterocycles. The summed E-state index contributed by atoms with van der Waals surface area (Å²) in [7, 11) is 0. The molecule has 114 valence electrons. The first-order valence-corrected chi connectivity index (χ1v) is 7.48. The SMILES string of the molecule is Cc1cccnc1C(C)N(CN)Cc1nc2ccccc2[nH]1. The first-order chi connectivity index (χ1) is 10.7. The van der Waals surface area contributed by atoms with E-state index in [4.69, 9.17) is 5.73 Å². The average Bonchev–Trinajstić information content (AvgIpc) is 2.95. The van der Waals surface area contributed by atoms with Gasteiger partial charge in [-0.25, -0.2) is 4.98 Å². The number of nitrogens with one attached hydrogen (secondary N) is 1. The molecule has 1 unspecified atom stereocenters. The highest BCUT2D eigenvalue weighted by Crippen LogP contribution is 2.22. The summed E-state index contributed by atoms with van der Waals surface area (Å²) in [6.45, 7) is 5.33. The van der Waals surface area contributed by atoms with E-state index in [1.165, 1.54) is 5.56 Å². The molecule has 0 saturated carbocycles. The molecule has 0 amide bonds. The Morgan fingerprint density at radius 2 is 2.05 bits per heavy atom. The molecular weight excluding hydrogens is 274 g/mol. The number of hydrogen-bond donors (Lipinski definition) is 2. The molecular formula is C17H21N5. The highest BCUT2D eigenvalue weighted by Gasteiger charge is 2.19. The molecule has 3 N–H and O–H groups in total. The van der Waals surface area contributed by atoms with E-state index in [0.717, 1.165) is 22.6 Å². The third kappa shape index (κ3) is 2.86. The van der Waals surface area contributed by atoms with Crippen LogP contribution in [0.5, 0.6) is 0 Å². The number of aromatic amines is 1. The van der Waals surface area contributed by atoms with Crippen molar-refractivity contribution in [3.63, 3.8) is 0 Å². The Bertz CT molecular complexity index is 731. The van der Waals surface area contributed by atoms with Crippen LogP contribution in [0.1, 0.15) is 30.0 Å². The number of para-hydroxylation sites is 2. The number of nitrogens with two attached hydrogens (primary N) is 1. The molecule has 1 aromatic carbocycles. The van der Waals surface area contributed by atoms with E-state index in [1.807, 2.05) is 36.5 Å². The van der Waals surface area contributed by atoms with Crippen LogP contribution in [-0.4, -0.2) is 26.5 Å². The molecule has 5 nitrogen and oxygen atoms in total. The second-order valence-corrected chi connectivity index (χ2v) is 5.51. The largest absolute Gasteiger partial charge is 0.341 e. The summed E-state index contributed by atoms with van der Waals surface area (Å²) < 4.78 is 0. The second kappa shape index (κ2) is 6.25. The van der Waals surface area contributed by atoms with Crippen LogP contribution in [0.3, 0.4) is 0 Å². The fourth-order valence-corrected chi connectivity index (χ4v) is 2.74. The smallest absolute Gasteiger partial charge is 0.121 e. The minimum atomic E-state index is 0.138. The van der Waals surface area contributed by atoms with Gasteiger partial charge in [0.05, 0.1) is 29.3 Å². The number of aromatic nitrogens is 3. The number of nitrogens with zero attached hydrogens (tertiary/aromatic N) is 3. The minimum Gasteiger partial charge on any atom is -0.341 e. The van der Waals surface area contributed by atoms with Crippen molar-refractivity contribution in [2.24, 2.45) is 5.73 Å². The summed E-state index contributed by atoms with van der Waals surface area (Å²) in [6, 6.07) is 12.2. The molecule has 1 atom stereocenters. The number of fused-ring (bicyclic) bond motifs is 1. The van der Waals surface area contributed by atoms with Gasteiger partial charge in [-0.2, -0.15) is 0 Å². The first-order valence-electron chi connectivity index (χ1n) is 7.48. The standard InChI is InChI=1S/C17H21N5/c1-12-6-5-9-19-17(12)13(2)22(11-18)10-16-20-14-7-3-4-8-15(14)21-16/h3-9,13H,10-11,18H2,1-2H3,(H,20,21). The van der Waals surface area contributed by atoms with Crippen LogP contribution in [0.15, 0.2) is 42.6 Å². The number of imidazole rings is 1. The molecule has 2 aromatic heterocycles. The van der Waals surface area contributed by atoms with Gasteiger partial charge in [-0.1, -0.05) is 18.2 Å². The van der Waals surface area contributed by atoms with Gasteiger partial charge < -0.3 is 10.7 Å². The Balaban J connectivity index is 1.83. The van der Waals surface area contributed by atoms with E-state index >= 15 is 0 Å². The molecule has 0 aliphatic carbocycles. The lowest BCUT2D eigenvalue weighted by Crippen LogP contribution is -2.33. The van der Waals surface area contributed by atoms with Crippen molar-refractivity contribution < 1.29 is 0 Å². The Labute approximate surface area is 130 Å². The monoisotopic (exact) mass is 295 g/mol. The topological polar surface area (TPSA) is 70.8 Å². The number of rotatable bonds is 5. The summed E-state index contributed by atoms with van der Waals surface area (Å²) >= 11 is 0. The number of hydrogen-bond acceptors (Lipinski definition) is 4. The van der Waals surface area contributed by atoms with Crippen LogP contribution < -0.4 is 5.73 Å². The van der Waals surface area contributed by atoms with Crippen LogP contribution in [0, 0.1) is 6.92 Å². The van der Waals surface area contributed by atoms with Gasteiger partial charge in [0.1, 0.15) is 5.82 Å². The molecule has 0 radical (unpaired) electrons. The van der Waals surface area contributed by atoms with Gasteiger partial charge in [-0.15, -0.1) is 0 Å². The molecule has 0 bridgehead atoms. The maximum atomic E-state index is 5.96. The summed E-state index contributed by atoms with van der Waals surface area (Å²) in [5.74, 6) is 0.923. The van der Waals surface area contributed by atoms with Crippen LogP contribution in [0.4, 0.5) is 0 Å². The van der Waals surface area contributed by atoms with Crippen molar-refractivity contribution in [1.29, 1.82) is 0 Å². The molecule has 0 aliphatic rings. The van der Waals surface area contributed by atoms with Gasteiger partial charge in [0, 0.05) is 12.9 Å². The average molecular weight is 295 g/mol. The van der Waals surface area contributed by atoms with Crippen molar-refractivity contribution in [3.05, 3.63) is 59.7 Å².